The van der Waals surface area contributed by atoms with Crippen LogP contribution in [0.15, 0.2) is 24.3 Å². The van der Waals surface area contributed by atoms with Gasteiger partial charge in [0, 0.05) is 30.1 Å². The molecule has 2 heterocycles. The summed E-state index contributed by atoms with van der Waals surface area (Å²) in [6.45, 7) is 0.444. The third-order valence-corrected chi connectivity index (χ3v) is 4.50. The van der Waals surface area contributed by atoms with Gasteiger partial charge in [0.1, 0.15) is 5.54 Å². The number of fused-ring (bicyclic) bond motifs is 2. The lowest BCUT2D eigenvalue weighted by molar-refractivity contribution is -0.125. The van der Waals surface area contributed by atoms with Crippen LogP contribution in [0.1, 0.15) is 24.8 Å². The fraction of sp³-hybridized carbons (Fsp3) is 0.400. The van der Waals surface area contributed by atoms with E-state index in [1.165, 1.54) is 0 Å². The van der Waals surface area contributed by atoms with Gasteiger partial charge < -0.3 is 10.2 Å². The molecule has 0 bridgehead atoms. The zero-order valence-electron chi connectivity index (χ0n) is 11.4. The number of rotatable bonds is 1. The maximum Gasteiger partial charge on any atom is 0.322 e. The van der Waals surface area contributed by atoms with Crippen molar-refractivity contribution in [1.29, 1.82) is 0 Å². The Morgan fingerprint density at radius 3 is 2.67 bits per heavy atom. The molecule has 1 aliphatic carbocycles. The molecule has 6 heteroatoms. The van der Waals surface area contributed by atoms with Gasteiger partial charge in [0.15, 0.2) is 0 Å². The molecular formula is C15H15N3O3. The summed E-state index contributed by atoms with van der Waals surface area (Å²) < 4.78 is 0. The first-order chi connectivity index (χ1) is 10.1. The number of para-hydroxylation sites is 1. The Morgan fingerprint density at radius 2 is 2.00 bits per heavy atom. The predicted molar refractivity (Wildman–Crippen MR) is 74.5 cm³/mol. The Balaban J connectivity index is 1.81. The highest BCUT2D eigenvalue weighted by molar-refractivity contribution is 6.09. The van der Waals surface area contributed by atoms with E-state index in [9.17, 15) is 14.4 Å². The van der Waals surface area contributed by atoms with E-state index in [-0.39, 0.29) is 17.7 Å². The molecule has 2 aliphatic heterocycles. The molecule has 4 amide bonds. The number of anilines is 1. The number of urea groups is 1. The second kappa shape index (κ2) is 4.07. The van der Waals surface area contributed by atoms with Crippen LogP contribution >= 0.6 is 0 Å². The van der Waals surface area contributed by atoms with Gasteiger partial charge >= 0.3 is 6.03 Å². The zero-order valence-corrected chi connectivity index (χ0v) is 11.4. The van der Waals surface area contributed by atoms with Crippen LogP contribution in [0.4, 0.5) is 10.5 Å². The maximum atomic E-state index is 12.4. The standard InChI is InChI=1S/C15H15N3O3/c19-12(9-5-6-9)18-8-7-15(13(20)16-14(21)17-15)10-3-1-2-4-11(10)18/h1-4,9H,5-8H2,(H2,16,17,20,21). The van der Waals surface area contributed by atoms with Gasteiger partial charge in [0.25, 0.3) is 5.91 Å². The SMILES string of the molecule is O=C1NC(=O)C2(CCN(C(=O)C3CC3)c3ccccc32)N1. The maximum absolute atomic E-state index is 12.4. The molecule has 1 spiro atoms. The summed E-state index contributed by atoms with van der Waals surface area (Å²) in [6.07, 6.45) is 2.29. The van der Waals surface area contributed by atoms with Crippen LogP contribution in [0.5, 0.6) is 0 Å². The normalized spacial score (nSPS) is 27.3. The van der Waals surface area contributed by atoms with Crippen molar-refractivity contribution in [2.75, 3.05) is 11.4 Å². The van der Waals surface area contributed by atoms with Crippen molar-refractivity contribution in [3.8, 4) is 0 Å². The number of imide groups is 1. The highest BCUT2D eigenvalue weighted by Gasteiger charge is 2.52. The second-order valence-electron chi connectivity index (χ2n) is 5.84. The minimum atomic E-state index is -1.03. The molecule has 1 saturated carbocycles. The molecule has 21 heavy (non-hydrogen) atoms. The monoisotopic (exact) mass is 285 g/mol. The summed E-state index contributed by atoms with van der Waals surface area (Å²) in [5, 5.41) is 5.05. The summed E-state index contributed by atoms with van der Waals surface area (Å²) >= 11 is 0. The summed E-state index contributed by atoms with van der Waals surface area (Å²) in [5.74, 6) is -0.0837. The van der Waals surface area contributed by atoms with Crippen LogP contribution in [-0.4, -0.2) is 24.4 Å². The van der Waals surface area contributed by atoms with Gasteiger partial charge in [-0.2, -0.15) is 0 Å². The van der Waals surface area contributed by atoms with Crippen molar-refractivity contribution >= 4 is 23.5 Å². The minimum absolute atomic E-state index is 0.124. The van der Waals surface area contributed by atoms with E-state index in [2.05, 4.69) is 10.6 Å². The lowest BCUT2D eigenvalue weighted by Crippen LogP contribution is -2.52. The van der Waals surface area contributed by atoms with E-state index in [4.69, 9.17) is 0 Å². The molecule has 1 unspecified atom stereocenters. The fourth-order valence-corrected chi connectivity index (χ4v) is 3.24. The molecule has 1 aromatic rings. The molecule has 2 fully saturated rings. The van der Waals surface area contributed by atoms with Crippen molar-refractivity contribution in [2.24, 2.45) is 5.92 Å². The van der Waals surface area contributed by atoms with Gasteiger partial charge in [0.05, 0.1) is 0 Å². The summed E-state index contributed by atoms with van der Waals surface area (Å²) in [7, 11) is 0. The van der Waals surface area contributed by atoms with E-state index >= 15 is 0 Å². The fourth-order valence-electron chi connectivity index (χ4n) is 3.24. The number of nitrogens with one attached hydrogen (secondary N) is 2. The molecule has 0 radical (unpaired) electrons. The van der Waals surface area contributed by atoms with Crippen molar-refractivity contribution in [2.45, 2.75) is 24.8 Å². The first-order valence-corrected chi connectivity index (χ1v) is 7.16. The minimum Gasteiger partial charge on any atom is -0.319 e. The second-order valence-corrected chi connectivity index (χ2v) is 5.84. The van der Waals surface area contributed by atoms with Gasteiger partial charge in [-0.25, -0.2) is 4.79 Å². The van der Waals surface area contributed by atoms with E-state index in [1.54, 1.807) is 4.90 Å². The molecule has 1 saturated heterocycles. The van der Waals surface area contributed by atoms with Crippen LogP contribution in [-0.2, 0) is 15.1 Å². The number of nitrogens with zero attached hydrogens (tertiary/aromatic N) is 1. The van der Waals surface area contributed by atoms with Crippen molar-refractivity contribution in [1.82, 2.24) is 10.6 Å². The molecule has 1 aromatic carbocycles. The molecule has 0 aromatic heterocycles. The topological polar surface area (TPSA) is 78.5 Å². The quantitative estimate of drug-likeness (QED) is 0.751. The van der Waals surface area contributed by atoms with Gasteiger partial charge in [-0.05, 0) is 18.9 Å². The Kier molecular flexibility index (Phi) is 2.40. The Hall–Kier alpha value is -2.37. The molecule has 2 N–H and O–H groups in total. The number of benzene rings is 1. The van der Waals surface area contributed by atoms with Crippen LogP contribution in [0.2, 0.25) is 0 Å². The smallest absolute Gasteiger partial charge is 0.319 e. The van der Waals surface area contributed by atoms with Gasteiger partial charge in [-0.15, -0.1) is 0 Å². The molecule has 3 aliphatic rings. The van der Waals surface area contributed by atoms with E-state index in [1.807, 2.05) is 24.3 Å². The molecule has 108 valence electrons. The number of carbonyl (C=O) groups is 3. The lowest BCUT2D eigenvalue weighted by atomic mass is 9.82. The first-order valence-electron chi connectivity index (χ1n) is 7.16. The predicted octanol–water partition coefficient (Wildman–Crippen LogP) is 0.868. The molecule has 6 nitrogen and oxygen atoms in total. The van der Waals surface area contributed by atoms with Gasteiger partial charge in [-0.1, -0.05) is 18.2 Å². The third kappa shape index (κ3) is 1.68. The lowest BCUT2D eigenvalue weighted by Gasteiger charge is -2.39. The zero-order chi connectivity index (χ0) is 14.6. The molecular weight excluding hydrogens is 270 g/mol. The number of hydrogen-bond donors (Lipinski definition) is 2. The van der Waals surface area contributed by atoms with Gasteiger partial charge in [-0.3, -0.25) is 14.9 Å². The van der Waals surface area contributed by atoms with E-state index in [0.717, 1.165) is 18.5 Å². The third-order valence-electron chi connectivity index (χ3n) is 4.50. The van der Waals surface area contributed by atoms with E-state index < -0.39 is 11.6 Å². The van der Waals surface area contributed by atoms with Crippen molar-refractivity contribution in [3.63, 3.8) is 0 Å². The summed E-state index contributed by atoms with van der Waals surface area (Å²) in [4.78, 5) is 38.0. The van der Waals surface area contributed by atoms with Crippen molar-refractivity contribution < 1.29 is 14.4 Å². The number of hydrogen-bond acceptors (Lipinski definition) is 3. The van der Waals surface area contributed by atoms with Crippen molar-refractivity contribution in [3.05, 3.63) is 29.8 Å². The number of carbonyl (C=O) groups excluding carboxylic acids is 3. The van der Waals surface area contributed by atoms with Crippen LogP contribution in [0.25, 0.3) is 0 Å². The van der Waals surface area contributed by atoms with E-state index in [0.29, 0.717) is 18.5 Å². The Labute approximate surface area is 121 Å². The summed E-state index contributed by atoms with van der Waals surface area (Å²) in [6, 6.07) is 6.85. The Bertz CT molecular complexity index is 668. The molecule has 4 rings (SSSR count). The highest BCUT2D eigenvalue weighted by atomic mass is 16.2. The number of amides is 4. The van der Waals surface area contributed by atoms with Crippen LogP contribution < -0.4 is 15.5 Å². The average molecular weight is 285 g/mol. The van der Waals surface area contributed by atoms with Gasteiger partial charge in [0.2, 0.25) is 5.91 Å². The highest BCUT2D eigenvalue weighted by Crippen LogP contribution is 2.42. The first kappa shape index (κ1) is 12.4. The van der Waals surface area contributed by atoms with Crippen LogP contribution in [0, 0.1) is 5.92 Å². The summed E-state index contributed by atoms with van der Waals surface area (Å²) in [5.41, 5.74) is 0.403. The molecule has 1 atom stereocenters. The average Bonchev–Trinajstić information content (AvgIpc) is 3.27. The largest absolute Gasteiger partial charge is 0.322 e. The Morgan fingerprint density at radius 1 is 1.24 bits per heavy atom. The van der Waals surface area contributed by atoms with Crippen LogP contribution in [0.3, 0.4) is 0 Å².